The normalized spacial score (nSPS) is 15.9. The van der Waals surface area contributed by atoms with Crippen molar-refractivity contribution in [2.24, 2.45) is 5.41 Å². The summed E-state index contributed by atoms with van der Waals surface area (Å²) in [6.45, 7) is 9.16. The number of benzene rings is 1. The van der Waals surface area contributed by atoms with Crippen molar-refractivity contribution < 1.29 is 9.59 Å². The molecule has 0 radical (unpaired) electrons. The number of hydrogen-bond donors (Lipinski definition) is 2. The number of nitrogens with zero attached hydrogens (tertiary/aromatic N) is 1. The number of hydrogen-bond acceptors (Lipinski definition) is 3. The standard InChI is InChI=1S/C19H27N3O2/c1-13-9-5-6-10-14(13)15(20)17(23)21-16(19(2,3)4)18(24)22-11-7-8-12-22/h5-6,9-10,16,20H,7-8,11-12H2,1-4H3,(H,21,23). The second-order valence-corrected chi connectivity index (χ2v) is 7.49. The predicted molar refractivity (Wildman–Crippen MR) is 95.2 cm³/mol. The number of amides is 2. The maximum absolute atomic E-state index is 12.8. The maximum atomic E-state index is 12.8. The van der Waals surface area contributed by atoms with Crippen molar-refractivity contribution in [3.8, 4) is 0 Å². The number of nitrogens with one attached hydrogen (secondary N) is 2. The summed E-state index contributed by atoms with van der Waals surface area (Å²) in [5.41, 5.74) is 0.949. The fourth-order valence-electron chi connectivity index (χ4n) is 2.95. The molecule has 24 heavy (non-hydrogen) atoms. The van der Waals surface area contributed by atoms with Crippen molar-refractivity contribution in [1.82, 2.24) is 10.2 Å². The van der Waals surface area contributed by atoms with Crippen LogP contribution in [0.1, 0.15) is 44.7 Å². The summed E-state index contributed by atoms with van der Waals surface area (Å²) in [5.74, 6) is -0.553. The van der Waals surface area contributed by atoms with Gasteiger partial charge in [-0.2, -0.15) is 0 Å². The Morgan fingerprint density at radius 3 is 2.29 bits per heavy atom. The molecule has 1 saturated heterocycles. The number of rotatable bonds is 4. The van der Waals surface area contributed by atoms with Gasteiger partial charge in [0.1, 0.15) is 11.8 Å². The quantitative estimate of drug-likeness (QED) is 0.833. The lowest BCUT2D eigenvalue weighted by Crippen LogP contribution is -2.55. The third kappa shape index (κ3) is 4.02. The van der Waals surface area contributed by atoms with Crippen molar-refractivity contribution in [2.75, 3.05) is 13.1 Å². The highest BCUT2D eigenvalue weighted by Gasteiger charge is 2.37. The summed E-state index contributed by atoms with van der Waals surface area (Å²) in [5, 5.41) is 11.0. The monoisotopic (exact) mass is 329 g/mol. The first kappa shape index (κ1) is 18.2. The zero-order chi connectivity index (χ0) is 17.9. The van der Waals surface area contributed by atoms with E-state index in [9.17, 15) is 9.59 Å². The number of likely N-dealkylation sites (tertiary alicyclic amines) is 1. The molecule has 1 heterocycles. The molecule has 1 aliphatic heterocycles. The van der Waals surface area contributed by atoms with Gasteiger partial charge in [0, 0.05) is 18.7 Å². The third-order valence-corrected chi connectivity index (χ3v) is 4.45. The lowest BCUT2D eigenvalue weighted by atomic mass is 9.85. The van der Waals surface area contributed by atoms with Gasteiger partial charge in [-0.05, 0) is 30.7 Å². The van der Waals surface area contributed by atoms with Gasteiger partial charge in [0.25, 0.3) is 5.91 Å². The fourth-order valence-corrected chi connectivity index (χ4v) is 2.95. The fraction of sp³-hybridized carbons (Fsp3) is 0.526. The van der Waals surface area contributed by atoms with E-state index in [0.29, 0.717) is 5.56 Å². The molecule has 2 N–H and O–H groups in total. The van der Waals surface area contributed by atoms with Crippen LogP contribution in [0.5, 0.6) is 0 Å². The minimum Gasteiger partial charge on any atom is -0.341 e. The van der Waals surface area contributed by atoms with Gasteiger partial charge >= 0.3 is 0 Å². The van der Waals surface area contributed by atoms with E-state index in [0.717, 1.165) is 31.5 Å². The third-order valence-electron chi connectivity index (χ3n) is 4.45. The van der Waals surface area contributed by atoms with Crippen LogP contribution in [0.4, 0.5) is 0 Å². The van der Waals surface area contributed by atoms with Gasteiger partial charge < -0.3 is 10.2 Å². The highest BCUT2D eigenvalue weighted by Crippen LogP contribution is 2.23. The molecule has 1 fully saturated rings. The van der Waals surface area contributed by atoms with Gasteiger partial charge in [-0.3, -0.25) is 15.0 Å². The van der Waals surface area contributed by atoms with Crippen LogP contribution in [-0.2, 0) is 9.59 Å². The number of carbonyl (C=O) groups excluding carboxylic acids is 2. The van der Waals surface area contributed by atoms with Crippen molar-refractivity contribution in [2.45, 2.75) is 46.6 Å². The zero-order valence-corrected chi connectivity index (χ0v) is 15.0. The van der Waals surface area contributed by atoms with E-state index in [1.807, 2.05) is 44.7 Å². The molecule has 1 aromatic carbocycles. The molecule has 5 heteroatoms. The minimum absolute atomic E-state index is 0.0501. The van der Waals surface area contributed by atoms with Gasteiger partial charge in [0.15, 0.2) is 0 Å². The maximum Gasteiger partial charge on any atom is 0.270 e. The highest BCUT2D eigenvalue weighted by molar-refractivity contribution is 6.44. The van der Waals surface area contributed by atoms with Crippen LogP contribution in [0.2, 0.25) is 0 Å². The van der Waals surface area contributed by atoms with E-state index in [-0.39, 0.29) is 11.6 Å². The smallest absolute Gasteiger partial charge is 0.270 e. The Hall–Kier alpha value is -2.17. The molecule has 2 amide bonds. The highest BCUT2D eigenvalue weighted by atomic mass is 16.2. The second kappa shape index (κ2) is 7.16. The van der Waals surface area contributed by atoms with Crippen molar-refractivity contribution in [1.29, 1.82) is 5.41 Å². The summed E-state index contributed by atoms with van der Waals surface area (Å²) in [6.07, 6.45) is 2.02. The van der Waals surface area contributed by atoms with Crippen LogP contribution in [0.15, 0.2) is 24.3 Å². The molecule has 0 bridgehead atoms. The Balaban J connectivity index is 2.17. The molecule has 0 aliphatic carbocycles. The molecule has 1 aromatic rings. The first-order valence-electron chi connectivity index (χ1n) is 8.46. The first-order valence-corrected chi connectivity index (χ1v) is 8.46. The lowest BCUT2D eigenvalue weighted by molar-refractivity contribution is -0.137. The molecule has 2 rings (SSSR count). The summed E-state index contributed by atoms with van der Waals surface area (Å²) in [7, 11) is 0. The molecular formula is C19H27N3O2. The number of aryl methyl sites for hydroxylation is 1. The van der Waals surface area contributed by atoms with Crippen LogP contribution < -0.4 is 5.32 Å². The predicted octanol–water partition coefficient (Wildman–Crippen LogP) is 2.52. The van der Waals surface area contributed by atoms with Gasteiger partial charge in [-0.15, -0.1) is 0 Å². The first-order chi connectivity index (χ1) is 11.2. The van der Waals surface area contributed by atoms with Crippen LogP contribution in [-0.4, -0.2) is 41.6 Å². The van der Waals surface area contributed by atoms with Crippen LogP contribution in [0, 0.1) is 17.7 Å². The molecule has 0 spiro atoms. The van der Waals surface area contributed by atoms with Crippen LogP contribution >= 0.6 is 0 Å². The Kier molecular flexibility index (Phi) is 5.42. The molecule has 1 atom stereocenters. The van der Waals surface area contributed by atoms with Crippen molar-refractivity contribution in [3.63, 3.8) is 0 Å². The van der Waals surface area contributed by atoms with Crippen molar-refractivity contribution >= 4 is 17.5 Å². The Bertz CT molecular complexity index is 640. The van der Waals surface area contributed by atoms with Gasteiger partial charge in [0.2, 0.25) is 5.91 Å². The second-order valence-electron chi connectivity index (χ2n) is 7.49. The summed E-state index contributed by atoms with van der Waals surface area (Å²) >= 11 is 0. The van der Waals surface area contributed by atoms with E-state index in [1.54, 1.807) is 12.1 Å². The van der Waals surface area contributed by atoms with Gasteiger partial charge in [-0.25, -0.2) is 0 Å². The largest absolute Gasteiger partial charge is 0.341 e. The average molecular weight is 329 g/mol. The average Bonchev–Trinajstić information content (AvgIpc) is 3.05. The minimum atomic E-state index is -0.632. The molecule has 0 aromatic heterocycles. The Morgan fingerprint density at radius 2 is 1.75 bits per heavy atom. The molecular weight excluding hydrogens is 302 g/mol. The van der Waals surface area contributed by atoms with Crippen LogP contribution in [0.25, 0.3) is 0 Å². The summed E-state index contributed by atoms with van der Waals surface area (Å²) < 4.78 is 0. The SMILES string of the molecule is Cc1ccccc1C(=N)C(=O)NC(C(=O)N1CCCC1)C(C)(C)C. The summed E-state index contributed by atoms with van der Waals surface area (Å²) in [6, 6.07) is 6.67. The molecule has 1 unspecified atom stereocenters. The van der Waals surface area contributed by atoms with E-state index < -0.39 is 17.4 Å². The lowest BCUT2D eigenvalue weighted by Gasteiger charge is -2.33. The topological polar surface area (TPSA) is 73.3 Å². The molecule has 1 aliphatic rings. The van der Waals surface area contributed by atoms with E-state index >= 15 is 0 Å². The molecule has 130 valence electrons. The van der Waals surface area contributed by atoms with E-state index in [1.165, 1.54) is 0 Å². The van der Waals surface area contributed by atoms with E-state index in [4.69, 9.17) is 5.41 Å². The Labute approximate surface area is 143 Å². The summed E-state index contributed by atoms with van der Waals surface area (Å²) in [4.78, 5) is 27.2. The van der Waals surface area contributed by atoms with Gasteiger partial charge in [0.05, 0.1) is 0 Å². The zero-order valence-electron chi connectivity index (χ0n) is 15.0. The van der Waals surface area contributed by atoms with Crippen LogP contribution in [0.3, 0.4) is 0 Å². The van der Waals surface area contributed by atoms with Crippen molar-refractivity contribution in [3.05, 3.63) is 35.4 Å². The number of carbonyl (C=O) groups is 2. The Morgan fingerprint density at radius 1 is 1.17 bits per heavy atom. The molecule has 0 saturated carbocycles. The molecule has 5 nitrogen and oxygen atoms in total. The van der Waals surface area contributed by atoms with E-state index in [2.05, 4.69) is 5.32 Å². The van der Waals surface area contributed by atoms with Gasteiger partial charge in [-0.1, -0.05) is 45.0 Å².